The van der Waals surface area contributed by atoms with E-state index in [1.807, 2.05) is 42.5 Å². The summed E-state index contributed by atoms with van der Waals surface area (Å²) in [7, 11) is 1.56. The third-order valence-electron chi connectivity index (χ3n) is 4.11. The van der Waals surface area contributed by atoms with Crippen LogP contribution in [0.2, 0.25) is 0 Å². The summed E-state index contributed by atoms with van der Waals surface area (Å²) in [6.07, 6.45) is 1.81. The Balaban J connectivity index is 1.89. The predicted molar refractivity (Wildman–Crippen MR) is 124 cm³/mol. The maximum Gasteiger partial charge on any atom is 0.174 e. The highest BCUT2D eigenvalue weighted by atomic mass is 127. The van der Waals surface area contributed by atoms with Gasteiger partial charge in [0.25, 0.3) is 0 Å². The van der Waals surface area contributed by atoms with Crippen LogP contribution in [-0.4, -0.2) is 7.11 Å². The number of nitriles is 1. The van der Waals surface area contributed by atoms with Gasteiger partial charge in [0.1, 0.15) is 12.4 Å². The Morgan fingerprint density at radius 2 is 1.93 bits per heavy atom. The van der Waals surface area contributed by atoms with Crippen molar-refractivity contribution in [3.63, 3.8) is 0 Å². The molecule has 0 aliphatic rings. The highest BCUT2D eigenvalue weighted by Crippen LogP contribution is 2.35. The summed E-state index contributed by atoms with van der Waals surface area (Å²) in [6, 6.07) is 19.8. The van der Waals surface area contributed by atoms with E-state index in [0.717, 1.165) is 24.7 Å². The van der Waals surface area contributed by atoms with Crippen molar-refractivity contribution in [2.45, 2.75) is 6.61 Å². The summed E-state index contributed by atoms with van der Waals surface area (Å²) in [5, 5.41) is 9.57. The van der Waals surface area contributed by atoms with Crippen LogP contribution < -0.4 is 9.47 Å². The minimum atomic E-state index is -0.301. The second-order valence-corrected chi connectivity index (χ2v) is 8.21. The summed E-state index contributed by atoms with van der Waals surface area (Å²) < 4.78 is 26.5. The van der Waals surface area contributed by atoms with Gasteiger partial charge >= 0.3 is 0 Å². The highest BCUT2D eigenvalue weighted by Gasteiger charge is 2.12. The maximum atomic E-state index is 13.4. The Morgan fingerprint density at radius 3 is 2.59 bits per heavy atom. The van der Waals surface area contributed by atoms with Crippen LogP contribution in [0.5, 0.6) is 11.5 Å². The van der Waals surface area contributed by atoms with Crippen molar-refractivity contribution in [3.8, 4) is 17.6 Å². The number of allylic oxidation sites excluding steroid dienone is 1. The van der Waals surface area contributed by atoms with Gasteiger partial charge in [0.05, 0.1) is 22.3 Å². The zero-order chi connectivity index (χ0) is 20.8. The van der Waals surface area contributed by atoms with Gasteiger partial charge in [0, 0.05) is 4.47 Å². The van der Waals surface area contributed by atoms with E-state index in [-0.39, 0.29) is 12.4 Å². The molecule has 0 radical (unpaired) electrons. The van der Waals surface area contributed by atoms with E-state index in [4.69, 9.17) is 9.47 Å². The molecule has 6 heteroatoms. The third-order valence-corrected chi connectivity index (χ3v) is 5.44. The van der Waals surface area contributed by atoms with E-state index < -0.39 is 0 Å². The summed E-state index contributed by atoms with van der Waals surface area (Å²) in [6.45, 7) is 0.224. The van der Waals surface area contributed by atoms with Crippen LogP contribution in [0.4, 0.5) is 4.39 Å². The molecule has 0 bridgehead atoms. The number of nitrogens with zero attached hydrogens (tertiary/aromatic N) is 1. The van der Waals surface area contributed by atoms with Crippen LogP contribution in [0, 0.1) is 20.7 Å². The Morgan fingerprint density at radius 1 is 1.17 bits per heavy atom. The molecule has 0 fully saturated rings. The van der Waals surface area contributed by atoms with Crippen molar-refractivity contribution in [2.24, 2.45) is 0 Å². The molecular weight excluding hydrogens is 548 g/mol. The molecule has 3 nitrogen and oxygen atoms in total. The lowest BCUT2D eigenvalue weighted by atomic mass is 10.0. The van der Waals surface area contributed by atoms with Gasteiger partial charge in [0.2, 0.25) is 0 Å². The molecular formula is C23H16BrFINO2. The minimum Gasteiger partial charge on any atom is -0.493 e. The third kappa shape index (κ3) is 5.58. The van der Waals surface area contributed by atoms with Crippen LogP contribution in [-0.2, 0) is 6.61 Å². The van der Waals surface area contributed by atoms with Gasteiger partial charge in [-0.15, -0.1) is 0 Å². The molecule has 0 aromatic heterocycles. The lowest BCUT2D eigenvalue weighted by Crippen LogP contribution is -2.00. The smallest absolute Gasteiger partial charge is 0.174 e. The van der Waals surface area contributed by atoms with E-state index in [2.05, 4.69) is 44.6 Å². The first-order chi connectivity index (χ1) is 14.0. The number of ether oxygens (including phenoxy) is 2. The fraction of sp³-hybridized carbons (Fsp3) is 0.0870. The minimum absolute atomic E-state index is 0.224. The molecule has 0 atom stereocenters. The molecule has 3 rings (SSSR count). The monoisotopic (exact) mass is 563 g/mol. The molecule has 0 heterocycles. The number of halogens is 3. The Bertz CT molecular complexity index is 1090. The molecule has 0 amide bonds. The predicted octanol–water partition coefficient (Wildman–Crippen LogP) is 6.84. The SMILES string of the molecule is COc1cc(/C=C(\C#N)c2ccc(Br)cc2)cc(I)c1OCc1cccc(F)c1. The number of hydrogen-bond donors (Lipinski definition) is 0. The first-order valence-corrected chi connectivity index (χ1v) is 10.5. The molecule has 0 saturated carbocycles. The van der Waals surface area contributed by atoms with Crippen LogP contribution >= 0.6 is 38.5 Å². The van der Waals surface area contributed by atoms with Gasteiger partial charge in [0.15, 0.2) is 11.5 Å². The van der Waals surface area contributed by atoms with E-state index in [1.54, 1.807) is 19.2 Å². The lowest BCUT2D eigenvalue weighted by Gasteiger charge is -2.14. The summed E-state index contributed by atoms with van der Waals surface area (Å²) >= 11 is 5.57. The van der Waals surface area contributed by atoms with E-state index in [0.29, 0.717) is 17.1 Å². The average molecular weight is 564 g/mol. The molecule has 0 aliphatic carbocycles. The zero-order valence-corrected chi connectivity index (χ0v) is 19.2. The quantitative estimate of drug-likeness (QED) is 0.187. The van der Waals surface area contributed by atoms with Crippen LogP contribution in [0.15, 0.2) is 65.1 Å². The topological polar surface area (TPSA) is 42.2 Å². The van der Waals surface area contributed by atoms with Gasteiger partial charge in [-0.2, -0.15) is 5.26 Å². The van der Waals surface area contributed by atoms with Gasteiger partial charge in [-0.1, -0.05) is 40.2 Å². The lowest BCUT2D eigenvalue weighted by molar-refractivity contribution is 0.282. The number of methoxy groups -OCH3 is 1. The second kappa shape index (κ2) is 9.90. The number of benzene rings is 3. The zero-order valence-electron chi connectivity index (χ0n) is 15.5. The van der Waals surface area contributed by atoms with Crippen molar-refractivity contribution >= 4 is 50.2 Å². The molecule has 0 aliphatic heterocycles. The van der Waals surface area contributed by atoms with Gasteiger partial charge in [-0.3, -0.25) is 0 Å². The van der Waals surface area contributed by atoms with Crippen molar-refractivity contribution in [3.05, 3.63) is 91.2 Å². The van der Waals surface area contributed by atoms with Gasteiger partial charge in [-0.05, 0) is 81.8 Å². The average Bonchev–Trinajstić information content (AvgIpc) is 2.71. The molecule has 3 aromatic rings. The molecule has 0 saturated heterocycles. The first-order valence-electron chi connectivity index (χ1n) is 8.62. The molecule has 0 N–H and O–H groups in total. The van der Waals surface area contributed by atoms with Crippen molar-refractivity contribution in [1.29, 1.82) is 5.26 Å². The molecule has 146 valence electrons. The van der Waals surface area contributed by atoms with Crippen LogP contribution in [0.25, 0.3) is 11.6 Å². The molecule has 0 spiro atoms. The standard InChI is InChI=1S/C23H16BrFINO2/c1-28-22-12-16(9-18(13-27)17-5-7-19(24)8-6-17)11-21(26)23(22)29-14-15-3-2-4-20(25)10-15/h2-12H,14H2,1H3/b18-9+. The van der Waals surface area contributed by atoms with Crippen molar-refractivity contribution < 1.29 is 13.9 Å². The fourth-order valence-electron chi connectivity index (χ4n) is 2.72. The summed E-state index contributed by atoms with van der Waals surface area (Å²) in [5.41, 5.74) is 2.93. The van der Waals surface area contributed by atoms with E-state index >= 15 is 0 Å². The van der Waals surface area contributed by atoms with E-state index in [9.17, 15) is 9.65 Å². The van der Waals surface area contributed by atoms with Gasteiger partial charge in [-0.25, -0.2) is 4.39 Å². The number of rotatable bonds is 6. The second-order valence-electron chi connectivity index (χ2n) is 6.13. The molecule has 3 aromatic carbocycles. The van der Waals surface area contributed by atoms with Crippen LogP contribution in [0.1, 0.15) is 16.7 Å². The number of hydrogen-bond acceptors (Lipinski definition) is 3. The fourth-order valence-corrected chi connectivity index (χ4v) is 3.77. The Kier molecular flexibility index (Phi) is 7.29. The maximum absolute atomic E-state index is 13.4. The summed E-state index contributed by atoms with van der Waals surface area (Å²) in [5.74, 6) is 0.828. The largest absolute Gasteiger partial charge is 0.493 e. The van der Waals surface area contributed by atoms with Crippen molar-refractivity contribution in [1.82, 2.24) is 0 Å². The molecule has 0 unspecified atom stereocenters. The Hall–Kier alpha value is -2.37. The highest BCUT2D eigenvalue weighted by molar-refractivity contribution is 14.1. The summed E-state index contributed by atoms with van der Waals surface area (Å²) in [4.78, 5) is 0. The van der Waals surface area contributed by atoms with Gasteiger partial charge < -0.3 is 9.47 Å². The van der Waals surface area contributed by atoms with E-state index in [1.165, 1.54) is 12.1 Å². The Labute approximate surface area is 191 Å². The first kappa shape index (κ1) is 21.3. The van der Waals surface area contributed by atoms with Crippen LogP contribution in [0.3, 0.4) is 0 Å². The normalized spacial score (nSPS) is 11.1. The van der Waals surface area contributed by atoms with Crippen molar-refractivity contribution in [2.75, 3.05) is 7.11 Å². The molecule has 29 heavy (non-hydrogen) atoms.